The molecule has 3 radical (unpaired) electrons. The summed E-state index contributed by atoms with van der Waals surface area (Å²) in [6.07, 6.45) is 20.0. The molecule has 0 saturated heterocycles. The van der Waals surface area contributed by atoms with Gasteiger partial charge in [0.15, 0.2) is 0 Å². The van der Waals surface area contributed by atoms with Crippen LogP contribution < -0.4 is 0 Å². The second-order valence-electron chi connectivity index (χ2n) is 2.01. The Balaban J connectivity index is 0.000000167. The first-order chi connectivity index (χ1) is 5.00. The van der Waals surface area contributed by atoms with Crippen molar-refractivity contribution in [2.75, 3.05) is 0 Å². The van der Waals surface area contributed by atoms with Gasteiger partial charge in [-0.15, -0.1) is 0 Å². The summed E-state index contributed by atoms with van der Waals surface area (Å²) in [5.74, 6) is 0. The van der Waals surface area contributed by atoms with Crippen molar-refractivity contribution in [3.05, 3.63) is 48.6 Å². The summed E-state index contributed by atoms with van der Waals surface area (Å²) in [6.45, 7) is 0. The van der Waals surface area contributed by atoms with Gasteiger partial charge in [0.2, 0.25) is 0 Å². The molecule has 0 aromatic heterocycles. The number of rotatable bonds is 0. The second-order valence-corrected chi connectivity index (χ2v) is 2.01. The zero-order valence-electron chi connectivity index (χ0n) is 6.33. The van der Waals surface area contributed by atoms with Crippen molar-refractivity contribution >= 4 is 0 Å². The van der Waals surface area contributed by atoms with E-state index in [2.05, 4.69) is 24.3 Å². The molecule has 11 heavy (non-hydrogen) atoms. The van der Waals surface area contributed by atoms with Gasteiger partial charge in [-0.2, -0.15) is 0 Å². The molecule has 0 aliphatic heterocycles. The van der Waals surface area contributed by atoms with E-state index in [9.17, 15) is 0 Å². The molecule has 0 fully saturated rings. The molecular weight excluding hydrogens is 171 g/mol. The van der Waals surface area contributed by atoms with Crippen molar-refractivity contribution in [3.8, 4) is 0 Å². The quantitative estimate of drug-likeness (QED) is 0.538. The second kappa shape index (κ2) is 7.65. The third kappa shape index (κ3) is 5.96. The number of hydrogen-bond donors (Lipinski definition) is 0. The maximum atomic E-state index is 2.99. The zero-order valence-corrected chi connectivity index (χ0v) is 7.72. The van der Waals surface area contributed by atoms with Gasteiger partial charge in [-0.25, -0.2) is 0 Å². The molecule has 2 aliphatic rings. The first-order valence-corrected chi connectivity index (χ1v) is 3.43. The van der Waals surface area contributed by atoms with E-state index < -0.39 is 0 Å². The molecule has 2 aliphatic carbocycles. The molecule has 0 nitrogen and oxygen atoms in total. The van der Waals surface area contributed by atoms with Crippen LogP contribution in [-0.2, 0) is 18.6 Å². The summed E-state index contributed by atoms with van der Waals surface area (Å²) in [7, 11) is 0. The van der Waals surface area contributed by atoms with Crippen molar-refractivity contribution in [1.29, 1.82) is 0 Å². The normalized spacial score (nSPS) is 16.0. The van der Waals surface area contributed by atoms with Crippen molar-refractivity contribution < 1.29 is 18.6 Å². The van der Waals surface area contributed by atoms with Crippen LogP contribution in [0.25, 0.3) is 0 Å². The molecule has 0 aromatic carbocycles. The van der Waals surface area contributed by atoms with Gasteiger partial charge in [-0.3, -0.25) is 0 Å². The minimum absolute atomic E-state index is 0. The molecule has 0 N–H and O–H groups in total. The number of allylic oxidation sites excluding steroid dienone is 8. The summed E-state index contributed by atoms with van der Waals surface area (Å²) in [4.78, 5) is 0. The fourth-order valence-corrected chi connectivity index (χ4v) is 0.680. The largest absolute Gasteiger partial charge is 0.0801 e. The smallest absolute Gasteiger partial charge is 0 e. The van der Waals surface area contributed by atoms with Crippen LogP contribution in [0.4, 0.5) is 0 Å². The Labute approximate surface area is 80.3 Å². The van der Waals surface area contributed by atoms with Gasteiger partial charge in [0, 0.05) is 18.6 Å². The van der Waals surface area contributed by atoms with Crippen molar-refractivity contribution in [2.45, 2.75) is 12.8 Å². The molecule has 0 spiro atoms. The van der Waals surface area contributed by atoms with E-state index in [0.717, 1.165) is 12.8 Å². The number of hydrogen-bond acceptors (Lipinski definition) is 0. The Kier molecular flexibility index (Phi) is 7.33. The summed E-state index contributed by atoms with van der Waals surface area (Å²) in [6, 6.07) is 0. The van der Waals surface area contributed by atoms with Gasteiger partial charge in [0.05, 0.1) is 0 Å². The van der Waals surface area contributed by atoms with E-state index in [4.69, 9.17) is 0 Å². The van der Waals surface area contributed by atoms with Crippen LogP contribution in [0.3, 0.4) is 0 Å². The Hall–Kier alpha value is -0.456. The molecule has 2 rings (SSSR count). The van der Waals surface area contributed by atoms with E-state index in [1.54, 1.807) is 0 Å². The van der Waals surface area contributed by atoms with E-state index >= 15 is 0 Å². The third-order valence-corrected chi connectivity index (χ3v) is 1.17. The zero-order chi connectivity index (χ0) is 7.07. The van der Waals surface area contributed by atoms with Crippen molar-refractivity contribution in [3.63, 3.8) is 0 Å². The molecule has 0 saturated carbocycles. The molecular formula is C10H10V. The summed E-state index contributed by atoms with van der Waals surface area (Å²) >= 11 is 0. The van der Waals surface area contributed by atoms with Crippen LogP contribution in [0.2, 0.25) is 0 Å². The molecule has 0 unspecified atom stereocenters. The SMILES string of the molecule is [C]1=CC=CC1.[C]1=CC=CC1.[V]. The Morgan fingerprint density at radius 2 is 1.27 bits per heavy atom. The van der Waals surface area contributed by atoms with E-state index in [1.807, 2.05) is 24.3 Å². The first-order valence-electron chi connectivity index (χ1n) is 3.43. The average molecular weight is 181 g/mol. The monoisotopic (exact) mass is 181 g/mol. The van der Waals surface area contributed by atoms with E-state index in [1.165, 1.54) is 0 Å². The minimum atomic E-state index is 0. The van der Waals surface area contributed by atoms with Gasteiger partial charge in [-0.05, 0) is 25.0 Å². The molecule has 0 bridgehead atoms. The van der Waals surface area contributed by atoms with E-state index in [0.29, 0.717) is 0 Å². The molecule has 0 atom stereocenters. The average Bonchev–Trinajstić information content (AvgIpc) is 2.67. The van der Waals surface area contributed by atoms with Gasteiger partial charge < -0.3 is 0 Å². The van der Waals surface area contributed by atoms with Gasteiger partial charge in [-0.1, -0.05) is 36.5 Å². The predicted molar refractivity (Wildman–Crippen MR) is 43.1 cm³/mol. The maximum Gasteiger partial charge on any atom is 0 e. The van der Waals surface area contributed by atoms with E-state index in [-0.39, 0.29) is 18.6 Å². The molecule has 0 aromatic rings. The van der Waals surface area contributed by atoms with Crippen LogP contribution >= 0.6 is 0 Å². The fourth-order valence-electron chi connectivity index (χ4n) is 0.680. The fraction of sp³-hybridized carbons (Fsp3) is 0.200. The molecule has 1 heteroatoms. The van der Waals surface area contributed by atoms with Crippen LogP contribution in [-0.4, -0.2) is 0 Å². The van der Waals surface area contributed by atoms with Crippen LogP contribution in [0.1, 0.15) is 12.8 Å². The molecule has 0 amide bonds. The van der Waals surface area contributed by atoms with Gasteiger partial charge in [0.1, 0.15) is 0 Å². The topological polar surface area (TPSA) is 0 Å². The maximum absolute atomic E-state index is 2.99. The van der Waals surface area contributed by atoms with Crippen molar-refractivity contribution in [2.24, 2.45) is 0 Å². The predicted octanol–water partition coefficient (Wildman–Crippen LogP) is 2.61. The van der Waals surface area contributed by atoms with Crippen molar-refractivity contribution in [1.82, 2.24) is 0 Å². The van der Waals surface area contributed by atoms with Gasteiger partial charge in [0.25, 0.3) is 0 Å². The Morgan fingerprint density at radius 1 is 0.818 bits per heavy atom. The summed E-state index contributed by atoms with van der Waals surface area (Å²) in [5, 5.41) is 0. The third-order valence-electron chi connectivity index (χ3n) is 1.17. The Bertz CT molecular complexity index is 143. The van der Waals surface area contributed by atoms with Crippen LogP contribution in [0.15, 0.2) is 36.5 Å². The molecule has 0 heterocycles. The molecule has 55 valence electrons. The Morgan fingerprint density at radius 3 is 1.36 bits per heavy atom. The summed E-state index contributed by atoms with van der Waals surface area (Å²) < 4.78 is 0. The minimum Gasteiger partial charge on any atom is -0.0801 e. The van der Waals surface area contributed by atoms with Gasteiger partial charge >= 0.3 is 0 Å². The summed E-state index contributed by atoms with van der Waals surface area (Å²) in [5.41, 5.74) is 0. The van der Waals surface area contributed by atoms with Crippen LogP contribution in [0.5, 0.6) is 0 Å². The van der Waals surface area contributed by atoms with Crippen LogP contribution in [0, 0.1) is 12.2 Å². The standard InChI is InChI=1S/2C5H5.V/c2*1-2-4-5-3-1;/h2*1-3H,4H2;. The first kappa shape index (κ1) is 10.5.